The highest BCUT2D eigenvalue weighted by molar-refractivity contribution is 5.71. The fourth-order valence-corrected chi connectivity index (χ4v) is 8.53. The van der Waals surface area contributed by atoms with E-state index in [9.17, 15) is 14.4 Å². The van der Waals surface area contributed by atoms with Crippen LogP contribution in [0.15, 0.2) is 109 Å². The average molecular weight is 1040 g/mol. The smallest absolute Gasteiger partial charge is 0.306 e. The SMILES string of the molecule is CC/C=C\C/C=C\C/C=C\C/C=C\C/C=C\C/C=C\CCCCC(=O)OC(COC(=O)CCCCCCC/C=C\CCCCCC)COC(=O)CCCCCCCCCCCCC/C=C\C/C=C\CCCCCCC. The Morgan fingerprint density at radius 2 is 0.520 bits per heavy atom. The van der Waals surface area contributed by atoms with Crippen LogP contribution in [-0.2, 0) is 28.6 Å². The zero-order chi connectivity index (χ0) is 54.3. The number of ether oxygens (including phenoxy) is 3. The van der Waals surface area contributed by atoms with Crippen molar-refractivity contribution < 1.29 is 28.6 Å². The summed E-state index contributed by atoms with van der Waals surface area (Å²) in [6.07, 6.45) is 85.2. The third-order valence-corrected chi connectivity index (χ3v) is 13.2. The van der Waals surface area contributed by atoms with Crippen LogP contribution in [0.1, 0.15) is 290 Å². The molecule has 0 saturated carbocycles. The molecule has 0 aliphatic rings. The molecule has 1 unspecified atom stereocenters. The lowest BCUT2D eigenvalue weighted by molar-refractivity contribution is -0.167. The Labute approximate surface area is 463 Å². The van der Waals surface area contributed by atoms with E-state index in [0.29, 0.717) is 19.3 Å². The number of carbonyl (C=O) groups excluding carboxylic acids is 3. The molecule has 0 aromatic carbocycles. The summed E-state index contributed by atoms with van der Waals surface area (Å²) in [4.78, 5) is 38.3. The molecule has 1 atom stereocenters. The predicted molar refractivity (Wildman–Crippen MR) is 325 cm³/mol. The molecule has 0 aliphatic carbocycles. The summed E-state index contributed by atoms with van der Waals surface area (Å²) in [5, 5.41) is 0. The summed E-state index contributed by atoms with van der Waals surface area (Å²) < 4.78 is 16.9. The van der Waals surface area contributed by atoms with Gasteiger partial charge in [-0.15, -0.1) is 0 Å². The maximum Gasteiger partial charge on any atom is 0.306 e. The van der Waals surface area contributed by atoms with Crippen molar-refractivity contribution in [2.45, 2.75) is 297 Å². The normalized spacial score (nSPS) is 12.8. The highest BCUT2D eigenvalue weighted by Gasteiger charge is 2.19. The Balaban J connectivity index is 4.42. The second-order valence-corrected chi connectivity index (χ2v) is 20.6. The molecule has 0 N–H and O–H groups in total. The van der Waals surface area contributed by atoms with Crippen molar-refractivity contribution >= 4 is 17.9 Å². The number of carbonyl (C=O) groups is 3. The zero-order valence-electron chi connectivity index (χ0n) is 49.0. The van der Waals surface area contributed by atoms with E-state index in [0.717, 1.165) is 109 Å². The molecule has 0 aliphatic heterocycles. The van der Waals surface area contributed by atoms with Gasteiger partial charge in [-0.3, -0.25) is 14.4 Å². The van der Waals surface area contributed by atoms with Crippen LogP contribution in [0.2, 0.25) is 0 Å². The first-order chi connectivity index (χ1) is 37.0. The number of allylic oxidation sites excluding steroid dienone is 18. The van der Waals surface area contributed by atoms with Crippen molar-refractivity contribution in [1.29, 1.82) is 0 Å². The van der Waals surface area contributed by atoms with Crippen molar-refractivity contribution in [3.05, 3.63) is 109 Å². The molecule has 0 radical (unpaired) electrons. The zero-order valence-corrected chi connectivity index (χ0v) is 49.0. The number of unbranched alkanes of at least 4 members (excludes halogenated alkanes) is 27. The standard InChI is InChI=1S/C69H116O6/c1-4-7-10-13-16-19-22-25-27-29-31-33-34-36-37-39-41-44-47-50-53-56-59-62-68(71)74-65-66(64-73-67(70)61-58-55-52-49-46-43-24-21-18-15-12-9-6-3)75-69(72)63-60-57-54-51-48-45-42-40-38-35-32-30-28-26-23-20-17-14-11-8-5-2/h8,11,17,20-22,24-26,28-29,31-32,35,40,42,48,51,66H,4-7,9-10,12-16,18-19,23,27,30,33-34,36-39,41,43-47,49-50,52-65H2,1-3H3/b11-8-,20-17-,24-21-,25-22-,28-26-,31-29-,35-32-,42-40-,51-48-. The van der Waals surface area contributed by atoms with Crippen LogP contribution < -0.4 is 0 Å². The van der Waals surface area contributed by atoms with Crippen molar-refractivity contribution in [2.24, 2.45) is 0 Å². The van der Waals surface area contributed by atoms with Gasteiger partial charge < -0.3 is 14.2 Å². The van der Waals surface area contributed by atoms with Gasteiger partial charge in [-0.2, -0.15) is 0 Å². The predicted octanol–water partition coefficient (Wildman–Crippen LogP) is 21.4. The molecule has 0 aromatic heterocycles. The molecule has 0 heterocycles. The first-order valence-electron chi connectivity index (χ1n) is 31.4. The fourth-order valence-electron chi connectivity index (χ4n) is 8.53. The lowest BCUT2D eigenvalue weighted by Gasteiger charge is -2.18. The van der Waals surface area contributed by atoms with Gasteiger partial charge in [0.05, 0.1) is 0 Å². The van der Waals surface area contributed by atoms with Crippen molar-refractivity contribution in [2.75, 3.05) is 13.2 Å². The van der Waals surface area contributed by atoms with Crippen LogP contribution in [0.4, 0.5) is 0 Å². The van der Waals surface area contributed by atoms with E-state index in [-0.39, 0.29) is 37.5 Å². The number of hydrogen-bond donors (Lipinski definition) is 0. The van der Waals surface area contributed by atoms with Crippen LogP contribution in [0.25, 0.3) is 0 Å². The Morgan fingerprint density at radius 3 is 0.867 bits per heavy atom. The molecule has 75 heavy (non-hydrogen) atoms. The van der Waals surface area contributed by atoms with Crippen molar-refractivity contribution in [1.82, 2.24) is 0 Å². The van der Waals surface area contributed by atoms with E-state index in [1.165, 1.54) is 135 Å². The third-order valence-electron chi connectivity index (χ3n) is 13.2. The molecular weight excluding hydrogens is 925 g/mol. The van der Waals surface area contributed by atoms with Gasteiger partial charge in [0.2, 0.25) is 0 Å². The molecule has 0 spiro atoms. The van der Waals surface area contributed by atoms with Crippen LogP contribution >= 0.6 is 0 Å². The van der Waals surface area contributed by atoms with E-state index >= 15 is 0 Å². The van der Waals surface area contributed by atoms with Gasteiger partial charge in [0, 0.05) is 19.3 Å². The van der Waals surface area contributed by atoms with Crippen LogP contribution in [0.3, 0.4) is 0 Å². The number of esters is 3. The molecule has 0 saturated heterocycles. The molecule has 0 rings (SSSR count). The Hall–Kier alpha value is -3.93. The highest BCUT2D eigenvalue weighted by Crippen LogP contribution is 2.15. The lowest BCUT2D eigenvalue weighted by Crippen LogP contribution is -2.30. The molecule has 428 valence electrons. The fraction of sp³-hybridized carbons (Fsp3) is 0.696. The van der Waals surface area contributed by atoms with E-state index in [1.807, 2.05) is 0 Å². The number of hydrogen-bond acceptors (Lipinski definition) is 6. The molecule has 6 nitrogen and oxygen atoms in total. The van der Waals surface area contributed by atoms with Crippen LogP contribution in [-0.4, -0.2) is 37.2 Å². The van der Waals surface area contributed by atoms with Gasteiger partial charge in [0.25, 0.3) is 0 Å². The lowest BCUT2D eigenvalue weighted by atomic mass is 10.0. The second kappa shape index (κ2) is 62.6. The quantitative estimate of drug-likeness (QED) is 0.0261. The molecular formula is C69H116O6. The van der Waals surface area contributed by atoms with Crippen molar-refractivity contribution in [3.8, 4) is 0 Å². The topological polar surface area (TPSA) is 78.9 Å². The summed E-state index contributed by atoms with van der Waals surface area (Å²) in [7, 11) is 0. The molecule has 6 heteroatoms. The minimum atomic E-state index is -0.808. The maximum absolute atomic E-state index is 12.9. The summed E-state index contributed by atoms with van der Waals surface area (Å²) in [5.41, 5.74) is 0. The van der Waals surface area contributed by atoms with Crippen molar-refractivity contribution in [3.63, 3.8) is 0 Å². The van der Waals surface area contributed by atoms with Gasteiger partial charge in [-0.1, -0.05) is 252 Å². The molecule has 0 amide bonds. The van der Waals surface area contributed by atoms with Gasteiger partial charge in [0.1, 0.15) is 13.2 Å². The van der Waals surface area contributed by atoms with E-state index in [2.05, 4.69) is 130 Å². The summed E-state index contributed by atoms with van der Waals surface area (Å²) in [6.45, 7) is 6.47. The third kappa shape index (κ3) is 60.8. The van der Waals surface area contributed by atoms with E-state index in [4.69, 9.17) is 14.2 Å². The molecule has 0 fully saturated rings. The summed E-state index contributed by atoms with van der Waals surface area (Å²) in [6, 6.07) is 0. The van der Waals surface area contributed by atoms with E-state index in [1.54, 1.807) is 0 Å². The summed E-state index contributed by atoms with van der Waals surface area (Å²) in [5.74, 6) is -0.950. The number of rotatable bonds is 56. The molecule has 0 bridgehead atoms. The maximum atomic E-state index is 12.9. The van der Waals surface area contributed by atoms with Gasteiger partial charge in [-0.25, -0.2) is 0 Å². The Kier molecular flexibility index (Phi) is 59.3. The van der Waals surface area contributed by atoms with Gasteiger partial charge in [0.15, 0.2) is 6.10 Å². The minimum absolute atomic E-state index is 0.1000. The molecule has 0 aromatic rings. The average Bonchev–Trinajstić information content (AvgIpc) is 3.41. The largest absolute Gasteiger partial charge is 0.462 e. The monoisotopic (exact) mass is 1040 g/mol. The Bertz CT molecular complexity index is 1520. The van der Waals surface area contributed by atoms with Gasteiger partial charge in [-0.05, 0) is 128 Å². The van der Waals surface area contributed by atoms with Crippen LogP contribution in [0.5, 0.6) is 0 Å². The van der Waals surface area contributed by atoms with Gasteiger partial charge >= 0.3 is 17.9 Å². The van der Waals surface area contributed by atoms with Crippen LogP contribution in [0, 0.1) is 0 Å². The minimum Gasteiger partial charge on any atom is -0.462 e. The first-order valence-corrected chi connectivity index (χ1v) is 31.4. The summed E-state index contributed by atoms with van der Waals surface area (Å²) >= 11 is 0. The Morgan fingerprint density at radius 1 is 0.280 bits per heavy atom. The van der Waals surface area contributed by atoms with E-state index < -0.39 is 6.10 Å². The first kappa shape index (κ1) is 71.1. The highest BCUT2D eigenvalue weighted by atomic mass is 16.6. The second-order valence-electron chi connectivity index (χ2n) is 20.6.